The second-order valence-electron chi connectivity index (χ2n) is 5.30. The number of carbonyl (C=O) groups excluding carboxylic acids is 3. The lowest BCUT2D eigenvalue weighted by molar-refractivity contribution is -0.146. The average molecular weight is 286 g/mol. The SMILES string of the molecule is CC(=O)O[C@@H]1C=CC[C@H]2C(=O)c3cccc(O)c3C(=O)[C@@H]12. The predicted octanol–water partition coefficient (Wildman–Crippen LogP) is 1.90. The Morgan fingerprint density at radius 3 is 2.76 bits per heavy atom. The fourth-order valence-electron chi connectivity index (χ4n) is 3.13. The van der Waals surface area contributed by atoms with Gasteiger partial charge in [-0.15, -0.1) is 0 Å². The summed E-state index contributed by atoms with van der Waals surface area (Å²) < 4.78 is 5.15. The molecule has 1 aromatic carbocycles. The van der Waals surface area contributed by atoms with Crippen molar-refractivity contribution < 1.29 is 24.2 Å². The molecule has 0 aromatic heterocycles. The first-order valence-corrected chi connectivity index (χ1v) is 6.75. The molecule has 2 aliphatic rings. The number of ether oxygens (including phenoxy) is 1. The molecule has 0 fully saturated rings. The molecule has 2 aliphatic carbocycles. The topological polar surface area (TPSA) is 80.7 Å². The molecule has 0 saturated heterocycles. The van der Waals surface area contributed by atoms with E-state index in [1.54, 1.807) is 24.3 Å². The van der Waals surface area contributed by atoms with Gasteiger partial charge in [0, 0.05) is 18.4 Å². The first-order chi connectivity index (χ1) is 10.0. The van der Waals surface area contributed by atoms with Crippen LogP contribution >= 0.6 is 0 Å². The lowest BCUT2D eigenvalue weighted by Crippen LogP contribution is -2.45. The van der Waals surface area contributed by atoms with Gasteiger partial charge < -0.3 is 9.84 Å². The fraction of sp³-hybridized carbons (Fsp3) is 0.312. The van der Waals surface area contributed by atoms with Gasteiger partial charge in [0.15, 0.2) is 11.6 Å². The van der Waals surface area contributed by atoms with Crippen LogP contribution in [0.4, 0.5) is 0 Å². The summed E-state index contributed by atoms with van der Waals surface area (Å²) in [5, 5.41) is 9.90. The first kappa shape index (κ1) is 13.5. The van der Waals surface area contributed by atoms with Crippen molar-refractivity contribution >= 4 is 17.5 Å². The minimum Gasteiger partial charge on any atom is -0.507 e. The number of carbonyl (C=O) groups is 3. The molecule has 0 heterocycles. The Labute approximate surface area is 121 Å². The maximum absolute atomic E-state index is 12.7. The molecule has 3 rings (SSSR count). The number of benzene rings is 1. The standard InChI is InChI=1S/C16H14O5/c1-8(17)21-12-7-3-5-10-14(12)16(20)13-9(15(10)19)4-2-6-11(13)18/h2-4,6-7,10,12,14,18H,5H2,1H3/t10-,12-,14-/m1/s1. The minimum atomic E-state index is -0.759. The molecule has 5 nitrogen and oxygen atoms in total. The van der Waals surface area contributed by atoms with E-state index in [1.807, 2.05) is 0 Å². The average Bonchev–Trinajstić information content (AvgIpc) is 2.43. The van der Waals surface area contributed by atoms with Crippen LogP contribution in [0.5, 0.6) is 5.75 Å². The zero-order valence-electron chi connectivity index (χ0n) is 11.4. The van der Waals surface area contributed by atoms with E-state index in [1.165, 1.54) is 13.0 Å². The van der Waals surface area contributed by atoms with Crippen LogP contribution in [-0.4, -0.2) is 28.7 Å². The molecule has 1 N–H and O–H groups in total. The van der Waals surface area contributed by atoms with E-state index in [0.717, 1.165) is 0 Å². The number of phenols is 1. The Bertz CT molecular complexity index is 673. The molecule has 0 radical (unpaired) electrons. The Morgan fingerprint density at radius 1 is 1.29 bits per heavy atom. The summed E-state index contributed by atoms with van der Waals surface area (Å²) in [5.41, 5.74) is 0.286. The van der Waals surface area contributed by atoms with Crippen LogP contribution in [0, 0.1) is 11.8 Å². The quantitative estimate of drug-likeness (QED) is 0.630. The van der Waals surface area contributed by atoms with E-state index >= 15 is 0 Å². The summed E-state index contributed by atoms with van der Waals surface area (Å²) in [6.45, 7) is 1.26. The van der Waals surface area contributed by atoms with Gasteiger partial charge in [-0.05, 0) is 18.6 Å². The maximum Gasteiger partial charge on any atom is 0.303 e. The summed E-state index contributed by atoms with van der Waals surface area (Å²) in [4.78, 5) is 36.4. The van der Waals surface area contributed by atoms with Crippen LogP contribution < -0.4 is 0 Å². The highest BCUT2D eigenvalue weighted by molar-refractivity contribution is 6.17. The van der Waals surface area contributed by atoms with Crippen molar-refractivity contribution in [2.24, 2.45) is 11.8 Å². The van der Waals surface area contributed by atoms with Gasteiger partial charge in [-0.1, -0.05) is 18.2 Å². The summed E-state index contributed by atoms with van der Waals surface area (Å²) in [5.74, 6) is -2.54. The fourth-order valence-corrected chi connectivity index (χ4v) is 3.13. The summed E-state index contributed by atoms with van der Waals surface area (Å²) >= 11 is 0. The van der Waals surface area contributed by atoms with E-state index in [9.17, 15) is 19.5 Å². The van der Waals surface area contributed by atoms with E-state index in [4.69, 9.17) is 4.74 Å². The molecule has 0 spiro atoms. The number of rotatable bonds is 1. The minimum absolute atomic E-state index is 0.0382. The molecule has 1 aromatic rings. The van der Waals surface area contributed by atoms with E-state index in [2.05, 4.69) is 0 Å². The van der Waals surface area contributed by atoms with E-state index in [-0.39, 0.29) is 28.4 Å². The highest BCUT2D eigenvalue weighted by Gasteiger charge is 2.47. The van der Waals surface area contributed by atoms with Crippen molar-refractivity contribution in [3.63, 3.8) is 0 Å². The molecule has 0 unspecified atom stereocenters. The number of hydrogen-bond donors (Lipinski definition) is 1. The van der Waals surface area contributed by atoms with Crippen molar-refractivity contribution in [3.05, 3.63) is 41.5 Å². The smallest absolute Gasteiger partial charge is 0.303 e. The molecule has 5 heteroatoms. The number of phenolic OH excluding ortho intramolecular Hbond substituents is 1. The van der Waals surface area contributed by atoms with Crippen LogP contribution in [0.3, 0.4) is 0 Å². The predicted molar refractivity (Wildman–Crippen MR) is 73.1 cm³/mol. The Morgan fingerprint density at radius 2 is 2.05 bits per heavy atom. The van der Waals surface area contributed by atoms with E-state index in [0.29, 0.717) is 6.42 Å². The third-order valence-electron chi connectivity index (χ3n) is 4.00. The van der Waals surface area contributed by atoms with Crippen LogP contribution in [0.15, 0.2) is 30.4 Å². The number of ketones is 2. The summed E-state index contributed by atoms with van der Waals surface area (Å²) in [7, 11) is 0. The lowest BCUT2D eigenvalue weighted by atomic mass is 9.68. The van der Waals surface area contributed by atoms with Crippen LogP contribution in [0.2, 0.25) is 0 Å². The summed E-state index contributed by atoms with van der Waals surface area (Å²) in [6.07, 6.45) is 3.07. The molecule has 21 heavy (non-hydrogen) atoms. The van der Waals surface area contributed by atoms with Crippen molar-refractivity contribution in [1.29, 1.82) is 0 Å². The second kappa shape index (κ2) is 4.84. The second-order valence-corrected chi connectivity index (χ2v) is 5.30. The van der Waals surface area contributed by atoms with Crippen LogP contribution in [0.1, 0.15) is 34.1 Å². The number of allylic oxidation sites excluding steroid dienone is 1. The third kappa shape index (κ3) is 2.05. The first-order valence-electron chi connectivity index (χ1n) is 6.75. The number of esters is 1. The molecular weight excluding hydrogens is 272 g/mol. The Balaban J connectivity index is 2.10. The van der Waals surface area contributed by atoms with Gasteiger partial charge in [0.1, 0.15) is 11.9 Å². The monoisotopic (exact) mass is 286 g/mol. The lowest BCUT2D eigenvalue weighted by Gasteiger charge is -2.36. The molecular formula is C16H14O5. The van der Waals surface area contributed by atoms with Crippen molar-refractivity contribution in [2.75, 3.05) is 0 Å². The zero-order valence-corrected chi connectivity index (χ0v) is 11.4. The van der Waals surface area contributed by atoms with Gasteiger partial charge >= 0.3 is 5.97 Å². The number of fused-ring (bicyclic) bond motifs is 2. The van der Waals surface area contributed by atoms with Crippen molar-refractivity contribution in [2.45, 2.75) is 19.4 Å². The molecule has 3 atom stereocenters. The van der Waals surface area contributed by atoms with Gasteiger partial charge in [-0.25, -0.2) is 0 Å². The normalized spacial score (nSPS) is 27.0. The Hall–Kier alpha value is -2.43. The molecule has 0 saturated carbocycles. The van der Waals surface area contributed by atoms with Gasteiger partial charge in [0.2, 0.25) is 0 Å². The number of Topliss-reactive ketones (excluding diaryl/α,β-unsaturated/α-hetero) is 2. The molecule has 108 valence electrons. The van der Waals surface area contributed by atoms with Crippen LogP contribution in [0.25, 0.3) is 0 Å². The molecule has 0 bridgehead atoms. The zero-order chi connectivity index (χ0) is 15.1. The largest absolute Gasteiger partial charge is 0.507 e. The molecule has 0 aliphatic heterocycles. The van der Waals surface area contributed by atoms with E-state index < -0.39 is 23.9 Å². The summed E-state index contributed by atoms with van der Waals surface area (Å²) in [6, 6.07) is 4.47. The van der Waals surface area contributed by atoms with Crippen molar-refractivity contribution in [3.8, 4) is 5.75 Å². The van der Waals surface area contributed by atoms with Gasteiger partial charge in [-0.3, -0.25) is 14.4 Å². The highest BCUT2D eigenvalue weighted by Crippen LogP contribution is 2.41. The molecule has 0 amide bonds. The van der Waals surface area contributed by atoms with Gasteiger partial charge in [-0.2, -0.15) is 0 Å². The number of aromatic hydroxyl groups is 1. The highest BCUT2D eigenvalue weighted by atomic mass is 16.5. The number of hydrogen-bond acceptors (Lipinski definition) is 5. The van der Waals surface area contributed by atoms with Gasteiger partial charge in [0.25, 0.3) is 0 Å². The third-order valence-corrected chi connectivity index (χ3v) is 4.00. The van der Waals surface area contributed by atoms with Crippen LogP contribution in [-0.2, 0) is 9.53 Å². The Kier molecular flexibility index (Phi) is 3.12. The van der Waals surface area contributed by atoms with Gasteiger partial charge in [0.05, 0.1) is 11.5 Å². The maximum atomic E-state index is 12.7. The van der Waals surface area contributed by atoms with Crippen molar-refractivity contribution in [1.82, 2.24) is 0 Å².